The normalized spacial score (nSPS) is 14.5. The van der Waals surface area contributed by atoms with E-state index in [0.29, 0.717) is 16.6 Å². The minimum absolute atomic E-state index is 0.0536. The van der Waals surface area contributed by atoms with Gasteiger partial charge in [0.15, 0.2) is 23.2 Å². The van der Waals surface area contributed by atoms with E-state index in [2.05, 4.69) is 15.9 Å². The lowest BCUT2D eigenvalue weighted by molar-refractivity contribution is -0.139. The molecule has 0 aromatic heterocycles. The van der Waals surface area contributed by atoms with Crippen LogP contribution in [0.1, 0.15) is 12.5 Å². The van der Waals surface area contributed by atoms with Crippen LogP contribution in [0.4, 0.5) is 0 Å². The largest absolute Gasteiger partial charge is 0.490 e. The quantitative estimate of drug-likeness (QED) is 0.396. The molecular formula is C17H17BrN2O6S. The van der Waals surface area contributed by atoms with Crippen molar-refractivity contribution >= 4 is 57.1 Å². The first kappa shape index (κ1) is 20.8. The van der Waals surface area contributed by atoms with Crippen molar-refractivity contribution in [3.05, 3.63) is 27.7 Å². The van der Waals surface area contributed by atoms with Crippen molar-refractivity contribution in [3.63, 3.8) is 0 Å². The van der Waals surface area contributed by atoms with E-state index < -0.39 is 24.4 Å². The lowest BCUT2D eigenvalue weighted by atomic mass is 10.1. The third-order valence-electron chi connectivity index (χ3n) is 3.63. The van der Waals surface area contributed by atoms with Crippen LogP contribution in [0.5, 0.6) is 11.5 Å². The highest BCUT2D eigenvalue weighted by molar-refractivity contribution is 9.10. The fraction of sp³-hybridized carbons (Fsp3) is 0.294. The van der Waals surface area contributed by atoms with Crippen LogP contribution in [0.15, 0.2) is 22.2 Å². The fourth-order valence-corrected chi connectivity index (χ4v) is 3.09. The number of halogens is 1. The minimum Gasteiger partial charge on any atom is -0.490 e. The molecule has 1 aromatic carbocycles. The summed E-state index contributed by atoms with van der Waals surface area (Å²) in [5, 5.41) is 8.92. The zero-order chi connectivity index (χ0) is 20.3. The van der Waals surface area contributed by atoms with Gasteiger partial charge in [-0.1, -0.05) is 0 Å². The topological polar surface area (TPSA) is 96.4 Å². The lowest BCUT2D eigenvalue weighted by Gasteiger charge is -2.31. The molecule has 10 heteroatoms. The highest BCUT2D eigenvalue weighted by Gasteiger charge is 2.35. The van der Waals surface area contributed by atoms with E-state index in [0.717, 1.165) is 0 Å². The molecule has 1 aromatic rings. The number of rotatable bonds is 6. The minimum atomic E-state index is -1.13. The summed E-state index contributed by atoms with van der Waals surface area (Å²) >= 11 is 8.36. The standard InChI is InChI=1S/C17H17BrN2O6S/c1-4-25-12-7-9(6-11(18)14(12)26-8-13(21)22)5-10-15(23)19(2)17(27)20(3)16(10)24/h5-7H,4,8H2,1-3H3,(H,21,22). The second kappa shape index (κ2) is 8.49. The van der Waals surface area contributed by atoms with Gasteiger partial charge in [0.25, 0.3) is 11.8 Å². The van der Waals surface area contributed by atoms with Crippen LogP contribution in [0.3, 0.4) is 0 Å². The molecule has 0 aliphatic carbocycles. The number of hydrogen-bond donors (Lipinski definition) is 1. The number of benzene rings is 1. The Morgan fingerprint density at radius 3 is 2.33 bits per heavy atom. The summed E-state index contributed by atoms with van der Waals surface area (Å²) in [6, 6.07) is 3.16. The van der Waals surface area contributed by atoms with Crippen LogP contribution in [0, 0.1) is 0 Å². The highest BCUT2D eigenvalue weighted by atomic mass is 79.9. The van der Waals surface area contributed by atoms with E-state index >= 15 is 0 Å². The first-order valence-corrected chi connectivity index (χ1v) is 9.00. The first-order valence-electron chi connectivity index (χ1n) is 7.80. The second-order valence-electron chi connectivity index (χ2n) is 5.51. The lowest BCUT2D eigenvalue weighted by Crippen LogP contribution is -2.52. The molecule has 2 amide bonds. The number of nitrogens with zero attached hydrogens (tertiary/aromatic N) is 2. The first-order chi connectivity index (χ1) is 12.7. The van der Waals surface area contributed by atoms with Crippen molar-refractivity contribution in [1.82, 2.24) is 9.80 Å². The van der Waals surface area contributed by atoms with E-state index in [1.807, 2.05) is 0 Å². The maximum absolute atomic E-state index is 12.4. The summed E-state index contributed by atoms with van der Waals surface area (Å²) in [5.74, 6) is -1.64. The molecule has 1 fully saturated rings. The Morgan fingerprint density at radius 2 is 1.81 bits per heavy atom. The number of aliphatic carboxylic acids is 1. The summed E-state index contributed by atoms with van der Waals surface area (Å²) in [4.78, 5) is 38.0. The molecule has 2 rings (SSSR count). The van der Waals surface area contributed by atoms with Gasteiger partial charge in [-0.05, 0) is 58.8 Å². The summed E-state index contributed by atoms with van der Waals surface area (Å²) in [6.45, 7) is 1.54. The van der Waals surface area contributed by atoms with Gasteiger partial charge in [0.2, 0.25) is 0 Å². The Balaban J connectivity index is 2.47. The van der Waals surface area contributed by atoms with Crippen molar-refractivity contribution in [1.29, 1.82) is 0 Å². The Labute approximate surface area is 169 Å². The molecule has 1 saturated heterocycles. The maximum atomic E-state index is 12.4. The maximum Gasteiger partial charge on any atom is 0.341 e. The predicted molar refractivity (Wildman–Crippen MR) is 105 cm³/mol. The number of carboxylic acid groups (broad SMARTS) is 1. The predicted octanol–water partition coefficient (Wildman–Crippen LogP) is 1.91. The van der Waals surface area contributed by atoms with E-state index in [9.17, 15) is 14.4 Å². The van der Waals surface area contributed by atoms with Gasteiger partial charge in [0, 0.05) is 14.1 Å². The monoisotopic (exact) mass is 456 g/mol. The molecule has 1 aliphatic heterocycles. The second-order valence-corrected chi connectivity index (χ2v) is 6.73. The summed E-state index contributed by atoms with van der Waals surface area (Å²) in [6.07, 6.45) is 1.42. The molecule has 0 saturated carbocycles. The zero-order valence-corrected chi connectivity index (χ0v) is 17.2. The van der Waals surface area contributed by atoms with Gasteiger partial charge in [-0.25, -0.2) is 4.79 Å². The molecule has 0 spiro atoms. The van der Waals surface area contributed by atoms with Crippen LogP contribution >= 0.6 is 28.1 Å². The van der Waals surface area contributed by atoms with E-state index in [1.54, 1.807) is 19.1 Å². The molecule has 0 radical (unpaired) electrons. The molecule has 27 heavy (non-hydrogen) atoms. The van der Waals surface area contributed by atoms with Crippen molar-refractivity contribution in [2.45, 2.75) is 6.92 Å². The van der Waals surface area contributed by atoms with Crippen LogP contribution in [-0.4, -0.2) is 65.1 Å². The Kier molecular flexibility index (Phi) is 6.55. The molecule has 1 heterocycles. The van der Waals surface area contributed by atoms with Gasteiger partial charge in [-0.3, -0.25) is 19.4 Å². The zero-order valence-electron chi connectivity index (χ0n) is 14.8. The number of thiocarbonyl (C=S) groups is 1. The molecule has 1 N–H and O–H groups in total. The summed E-state index contributed by atoms with van der Waals surface area (Å²) < 4.78 is 11.2. The average Bonchev–Trinajstić information content (AvgIpc) is 2.61. The molecule has 0 unspecified atom stereocenters. The van der Waals surface area contributed by atoms with Gasteiger partial charge in [-0.15, -0.1) is 0 Å². The van der Waals surface area contributed by atoms with Gasteiger partial charge in [0.05, 0.1) is 11.1 Å². The number of ether oxygens (including phenoxy) is 2. The fourth-order valence-electron chi connectivity index (χ4n) is 2.35. The van der Waals surface area contributed by atoms with Crippen molar-refractivity contribution in [3.8, 4) is 11.5 Å². The molecule has 0 bridgehead atoms. The van der Waals surface area contributed by atoms with E-state index in [4.69, 9.17) is 26.8 Å². The molecular weight excluding hydrogens is 440 g/mol. The van der Waals surface area contributed by atoms with Crippen molar-refractivity contribution < 1.29 is 29.0 Å². The third kappa shape index (κ3) is 4.45. The smallest absolute Gasteiger partial charge is 0.341 e. The SMILES string of the molecule is CCOc1cc(C=C2C(=O)N(C)C(=S)N(C)C2=O)cc(Br)c1OCC(=O)O. The Morgan fingerprint density at radius 1 is 1.22 bits per heavy atom. The van der Waals surface area contributed by atoms with Crippen LogP contribution in [-0.2, 0) is 14.4 Å². The van der Waals surface area contributed by atoms with Crippen molar-refractivity contribution in [2.24, 2.45) is 0 Å². The van der Waals surface area contributed by atoms with Crippen LogP contribution < -0.4 is 9.47 Å². The number of carbonyl (C=O) groups is 3. The van der Waals surface area contributed by atoms with Gasteiger partial charge >= 0.3 is 5.97 Å². The molecule has 144 valence electrons. The van der Waals surface area contributed by atoms with Gasteiger partial charge < -0.3 is 14.6 Å². The number of hydrogen-bond acceptors (Lipinski definition) is 6. The Bertz CT molecular complexity index is 828. The van der Waals surface area contributed by atoms with Gasteiger partial charge in [-0.2, -0.15) is 0 Å². The number of carboxylic acids is 1. The third-order valence-corrected chi connectivity index (χ3v) is 4.76. The highest BCUT2D eigenvalue weighted by Crippen LogP contribution is 2.37. The average molecular weight is 457 g/mol. The van der Waals surface area contributed by atoms with Crippen LogP contribution in [0.2, 0.25) is 0 Å². The summed E-state index contributed by atoms with van der Waals surface area (Å²) in [5.41, 5.74) is 0.446. The summed E-state index contributed by atoms with van der Waals surface area (Å²) in [7, 11) is 2.98. The molecule has 1 aliphatic rings. The molecule has 8 nitrogen and oxygen atoms in total. The number of carbonyl (C=O) groups excluding carboxylic acids is 2. The van der Waals surface area contributed by atoms with Crippen LogP contribution in [0.25, 0.3) is 6.08 Å². The molecule has 0 atom stereocenters. The number of likely N-dealkylation sites (N-methyl/N-ethyl adjacent to an activating group) is 2. The van der Waals surface area contributed by atoms with Gasteiger partial charge in [0.1, 0.15) is 5.57 Å². The number of amides is 2. The van der Waals surface area contributed by atoms with Crippen molar-refractivity contribution in [2.75, 3.05) is 27.3 Å². The van der Waals surface area contributed by atoms with E-state index in [-0.39, 0.29) is 22.2 Å². The van der Waals surface area contributed by atoms with E-state index in [1.165, 1.54) is 30.0 Å². The Hall–Kier alpha value is -2.46.